The predicted octanol–water partition coefficient (Wildman–Crippen LogP) is 4.89. The summed E-state index contributed by atoms with van der Waals surface area (Å²) >= 11 is 6.07. The van der Waals surface area contributed by atoms with Crippen LogP contribution in [0.2, 0.25) is 5.02 Å². The number of amides is 1. The molecule has 0 aliphatic carbocycles. The average molecular weight is 544 g/mol. The van der Waals surface area contributed by atoms with Crippen molar-refractivity contribution in [1.82, 2.24) is 25.6 Å². The van der Waals surface area contributed by atoms with E-state index in [9.17, 15) is 9.18 Å². The maximum absolute atomic E-state index is 15.1. The second-order valence-corrected chi connectivity index (χ2v) is 8.19. The van der Waals surface area contributed by atoms with E-state index in [2.05, 4.69) is 40.9 Å². The largest absolute Gasteiger partial charge is 0.479 e. The van der Waals surface area contributed by atoms with Crippen LogP contribution in [0.4, 0.5) is 20.4 Å². The minimum absolute atomic E-state index is 0.00898. The number of aryl methyl sites for hydroxylation is 1. The lowest BCUT2D eigenvalue weighted by atomic mass is 9.97. The molecule has 12 nitrogen and oxygen atoms in total. The highest BCUT2D eigenvalue weighted by Gasteiger charge is 2.21. The van der Waals surface area contributed by atoms with E-state index in [1.807, 2.05) is 0 Å². The van der Waals surface area contributed by atoms with Crippen LogP contribution in [0.3, 0.4) is 0 Å². The van der Waals surface area contributed by atoms with Crippen LogP contribution >= 0.6 is 11.6 Å². The first-order valence-electron chi connectivity index (χ1n) is 10.8. The standard InChI is InChI=1S/C23H16ClF2N7O5/c1-10-28-20(31-36-10)19-14(6-13(24)7-16(19)26)11-3-4-12(15(25)5-11)9-27-21-22(33-38-32-21)29-23(34)17-8-18(35-2)30-37-17/h3-8H,9H2,1-2H3,(H,27,32)(H,29,33,34). The summed E-state index contributed by atoms with van der Waals surface area (Å²) in [4.78, 5) is 16.4. The fourth-order valence-electron chi connectivity index (χ4n) is 3.48. The van der Waals surface area contributed by atoms with Crippen molar-refractivity contribution in [3.05, 3.63) is 70.3 Å². The molecule has 5 aromatic rings. The van der Waals surface area contributed by atoms with Gasteiger partial charge >= 0.3 is 0 Å². The Morgan fingerprint density at radius 1 is 1.03 bits per heavy atom. The molecule has 5 rings (SSSR count). The molecule has 0 aliphatic heterocycles. The molecule has 1 amide bonds. The van der Waals surface area contributed by atoms with Gasteiger partial charge in [-0.15, -0.1) is 0 Å². The molecular weight excluding hydrogens is 528 g/mol. The number of aromatic nitrogens is 5. The van der Waals surface area contributed by atoms with Crippen LogP contribution in [-0.4, -0.2) is 38.6 Å². The van der Waals surface area contributed by atoms with E-state index in [1.54, 1.807) is 13.0 Å². The van der Waals surface area contributed by atoms with Gasteiger partial charge in [-0.2, -0.15) is 4.98 Å². The number of methoxy groups -OCH3 is 1. The summed E-state index contributed by atoms with van der Waals surface area (Å²) in [7, 11) is 1.37. The van der Waals surface area contributed by atoms with Crippen LogP contribution in [0.1, 0.15) is 22.0 Å². The van der Waals surface area contributed by atoms with E-state index in [1.165, 1.54) is 31.4 Å². The number of nitrogens with zero attached hydrogens (tertiary/aromatic N) is 5. The molecule has 0 aliphatic rings. The van der Waals surface area contributed by atoms with E-state index in [0.717, 1.165) is 6.07 Å². The first-order valence-corrected chi connectivity index (χ1v) is 11.2. The summed E-state index contributed by atoms with van der Waals surface area (Å²) in [6.07, 6.45) is 0. The Hall–Kier alpha value is -4.85. The Bertz CT molecular complexity index is 1630. The number of nitrogens with one attached hydrogen (secondary N) is 2. The minimum Gasteiger partial charge on any atom is -0.479 e. The van der Waals surface area contributed by atoms with Crippen molar-refractivity contribution in [2.24, 2.45) is 0 Å². The number of carbonyl (C=O) groups excluding carboxylic acids is 1. The van der Waals surface area contributed by atoms with E-state index in [-0.39, 0.29) is 63.2 Å². The molecular formula is C23H16ClF2N7O5. The van der Waals surface area contributed by atoms with Crippen LogP contribution in [0.5, 0.6) is 5.88 Å². The highest BCUT2D eigenvalue weighted by molar-refractivity contribution is 6.31. The highest BCUT2D eigenvalue weighted by Crippen LogP contribution is 2.36. The normalized spacial score (nSPS) is 11.0. The van der Waals surface area contributed by atoms with Crippen molar-refractivity contribution in [3.8, 4) is 28.4 Å². The molecule has 194 valence electrons. The van der Waals surface area contributed by atoms with Gasteiger partial charge in [-0.05, 0) is 44.8 Å². The van der Waals surface area contributed by atoms with Gasteiger partial charge in [0.25, 0.3) is 11.8 Å². The third kappa shape index (κ3) is 5.01. The molecule has 3 aromatic heterocycles. The van der Waals surface area contributed by atoms with E-state index >= 15 is 4.39 Å². The Balaban J connectivity index is 1.34. The van der Waals surface area contributed by atoms with Crippen LogP contribution in [0.15, 0.2) is 50.1 Å². The summed E-state index contributed by atoms with van der Waals surface area (Å²) in [5, 5.41) is 20.0. The molecule has 2 N–H and O–H groups in total. The molecule has 0 unspecified atom stereocenters. The van der Waals surface area contributed by atoms with Crippen molar-refractivity contribution in [3.63, 3.8) is 0 Å². The zero-order valence-corrected chi connectivity index (χ0v) is 20.3. The van der Waals surface area contributed by atoms with Gasteiger partial charge in [-0.1, -0.05) is 28.9 Å². The molecule has 0 spiro atoms. The third-order valence-corrected chi connectivity index (χ3v) is 5.48. The first kappa shape index (κ1) is 24.8. The number of anilines is 2. The smallest absolute Gasteiger partial charge is 0.295 e. The molecule has 0 radical (unpaired) electrons. The quantitative estimate of drug-likeness (QED) is 0.275. The van der Waals surface area contributed by atoms with Crippen LogP contribution in [-0.2, 0) is 6.54 Å². The van der Waals surface area contributed by atoms with Gasteiger partial charge in [0.1, 0.15) is 11.6 Å². The number of rotatable bonds is 8. The minimum atomic E-state index is -0.684. The lowest BCUT2D eigenvalue weighted by molar-refractivity contribution is 0.0986. The maximum atomic E-state index is 15.1. The Morgan fingerprint density at radius 3 is 2.55 bits per heavy atom. The number of ether oxygens (including phenoxy) is 1. The average Bonchev–Trinajstić information content (AvgIpc) is 3.64. The van der Waals surface area contributed by atoms with Crippen LogP contribution < -0.4 is 15.4 Å². The molecule has 0 fully saturated rings. The number of benzene rings is 2. The van der Waals surface area contributed by atoms with Gasteiger partial charge in [-0.25, -0.2) is 13.4 Å². The zero-order chi connectivity index (χ0) is 26.8. The number of hydrogen-bond acceptors (Lipinski definition) is 11. The fourth-order valence-corrected chi connectivity index (χ4v) is 3.69. The number of halogens is 3. The molecule has 2 aromatic carbocycles. The van der Waals surface area contributed by atoms with Gasteiger partial charge < -0.3 is 19.1 Å². The molecule has 0 atom stereocenters. The zero-order valence-electron chi connectivity index (χ0n) is 19.6. The summed E-state index contributed by atoms with van der Waals surface area (Å²) in [6, 6.07) is 8.18. The summed E-state index contributed by atoms with van der Waals surface area (Å²) < 4.78 is 49.3. The highest BCUT2D eigenvalue weighted by atomic mass is 35.5. The van der Waals surface area contributed by atoms with Crippen molar-refractivity contribution in [1.29, 1.82) is 0 Å². The van der Waals surface area contributed by atoms with Gasteiger partial charge in [0, 0.05) is 24.1 Å². The first-order chi connectivity index (χ1) is 18.3. The SMILES string of the molecule is COc1cc(C(=O)Nc2nonc2NCc2ccc(-c3cc(Cl)cc(F)c3-c3noc(C)n3)cc2F)on1. The fraction of sp³-hybridized carbons (Fsp3) is 0.130. The van der Waals surface area contributed by atoms with Crippen molar-refractivity contribution in [2.75, 3.05) is 17.7 Å². The van der Waals surface area contributed by atoms with E-state index < -0.39 is 17.5 Å². The van der Waals surface area contributed by atoms with Gasteiger partial charge in [0.2, 0.25) is 29.1 Å². The second kappa shape index (κ2) is 10.3. The molecule has 38 heavy (non-hydrogen) atoms. The topological polar surface area (TPSA) is 154 Å². The predicted molar refractivity (Wildman–Crippen MR) is 127 cm³/mol. The Morgan fingerprint density at radius 2 is 1.84 bits per heavy atom. The maximum Gasteiger partial charge on any atom is 0.295 e. The number of carbonyl (C=O) groups is 1. The molecule has 0 saturated heterocycles. The van der Waals surface area contributed by atoms with Gasteiger partial charge in [0.15, 0.2) is 0 Å². The monoisotopic (exact) mass is 543 g/mol. The Kier molecular flexibility index (Phi) is 6.70. The Labute approximate surface area is 216 Å². The lowest BCUT2D eigenvalue weighted by Gasteiger charge is -2.11. The number of hydrogen-bond donors (Lipinski definition) is 2. The van der Waals surface area contributed by atoms with Crippen molar-refractivity contribution >= 4 is 29.1 Å². The second-order valence-electron chi connectivity index (χ2n) is 7.76. The van der Waals surface area contributed by atoms with E-state index in [0.29, 0.717) is 5.56 Å². The molecule has 0 saturated carbocycles. The van der Waals surface area contributed by atoms with E-state index in [4.69, 9.17) is 25.4 Å². The summed E-state index contributed by atoms with van der Waals surface area (Å²) in [5.74, 6) is -1.76. The van der Waals surface area contributed by atoms with Crippen LogP contribution in [0, 0.1) is 18.6 Å². The molecule has 3 heterocycles. The van der Waals surface area contributed by atoms with Crippen LogP contribution in [0.25, 0.3) is 22.5 Å². The summed E-state index contributed by atoms with van der Waals surface area (Å²) in [6.45, 7) is 1.51. The third-order valence-electron chi connectivity index (χ3n) is 5.26. The van der Waals surface area contributed by atoms with Gasteiger partial charge in [-0.3, -0.25) is 10.1 Å². The van der Waals surface area contributed by atoms with Crippen molar-refractivity contribution < 1.29 is 32.0 Å². The molecule has 15 heteroatoms. The van der Waals surface area contributed by atoms with Crippen molar-refractivity contribution in [2.45, 2.75) is 13.5 Å². The molecule has 0 bridgehead atoms. The van der Waals surface area contributed by atoms with Gasteiger partial charge in [0.05, 0.1) is 18.7 Å². The lowest BCUT2D eigenvalue weighted by Crippen LogP contribution is -2.13. The summed E-state index contributed by atoms with van der Waals surface area (Å²) in [5.41, 5.74) is 0.871.